The van der Waals surface area contributed by atoms with Crippen molar-refractivity contribution in [2.75, 3.05) is 0 Å². The van der Waals surface area contributed by atoms with E-state index in [1.807, 2.05) is 12.1 Å². The number of imidazole rings is 1. The van der Waals surface area contributed by atoms with Crippen molar-refractivity contribution in [3.63, 3.8) is 0 Å². The Hall–Kier alpha value is -2.19. The number of nitrogens with zero attached hydrogens (tertiary/aromatic N) is 3. The van der Waals surface area contributed by atoms with Gasteiger partial charge in [0.05, 0.1) is 34.1 Å². The zero-order valence-electron chi connectivity index (χ0n) is 10.3. The summed E-state index contributed by atoms with van der Waals surface area (Å²) in [4.78, 5) is 11.9. The molecule has 0 unspecified atom stereocenters. The van der Waals surface area contributed by atoms with Crippen molar-refractivity contribution >= 4 is 22.4 Å². The van der Waals surface area contributed by atoms with Gasteiger partial charge in [-0.15, -0.1) is 11.3 Å². The lowest BCUT2D eigenvalue weighted by atomic mass is 10.1. The summed E-state index contributed by atoms with van der Waals surface area (Å²) in [5, 5.41) is 11.7. The molecular formula is C14H12N4S. The highest BCUT2D eigenvalue weighted by atomic mass is 32.1. The summed E-state index contributed by atoms with van der Waals surface area (Å²) in [6.07, 6.45) is 4.05. The highest BCUT2D eigenvalue weighted by molar-refractivity contribution is 7.09. The smallest absolute Gasteiger partial charge is 0.0932 e. The molecule has 2 heterocycles. The number of aryl methyl sites for hydroxylation is 1. The Kier molecular flexibility index (Phi) is 3.25. The van der Waals surface area contributed by atoms with Crippen molar-refractivity contribution in [3.05, 3.63) is 34.9 Å². The van der Waals surface area contributed by atoms with Crippen LogP contribution in [-0.4, -0.2) is 15.0 Å². The number of hydrogen-bond donors (Lipinski definition) is 1. The van der Waals surface area contributed by atoms with Gasteiger partial charge >= 0.3 is 0 Å². The molecule has 4 nitrogen and oxygen atoms in total. The van der Waals surface area contributed by atoms with E-state index in [1.54, 1.807) is 17.7 Å². The van der Waals surface area contributed by atoms with Crippen LogP contribution in [0.2, 0.25) is 0 Å². The minimum Gasteiger partial charge on any atom is -0.345 e. The Morgan fingerprint density at radius 1 is 1.37 bits per heavy atom. The number of nitriles is 1. The van der Waals surface area contributed by atoms with Crippen LogP contribution in [0.25, 0.3) is 22.3 Å². The molecule has 0 saturated heterocycles. The number of aromatic nitrogens is 3. The van der Waals surface area contributed by atoms with Crippen molar-refractivity contribution in [3.8, 4) is 17.3 Å². The predicted molar refractivity (Wildman–Crippen MR) is 75.8 cm³/mol. The highest BCUT2D eigenvalue weighted by Gasteiger charge is 2.06. The van der Waals surface area contributed by atoms with Gasteiger partial charge in [-0.1, -0.05) is 6.07 Å². The number of benzene rings is 1. The summed E-state index contributed by atoms with van der Waals surface area (Å²) in [7, 11) is 0. The molecule has 3 aromatic rings. The molecule has 5 heteroatoms. The fourth-order valence-corrected chi connectivity index (χ4v) is 2.82. The molecular weight excluding hydrogens is 256 g/mol. The molecule has 0 atom stereocenters. The average molecular weight is 268 g/mol. The van der Waals surface area contributed by atoms with Crippen LogP contribution in [0.5, 0.6) is 0 Å². The first-order chi connectivity index (χ1) is 9.36. The number of aromatic amines is 1. The van der Waals surface area contributed by atoms with E-state index in [0.29, 0.717) is 6.42 Å². The first-order valence-electron chi connectivity index (χ1n) is 6.11. The normalized spacial score (nSPS) is 10.7. The third-order valence-electron chi connectivity index (χ3n) is 2.95. The molecule has 1 N–H and O–H groups in total. The minimum absolute atomic E-state index is 0.592. The van der Waals surface area contributed by atoms with Crippen LogP contribution in [0.1, 0.15) is 17.8 Å². The van der Waals surface area contributed by atoms with Crippen molar-refractivity contribution < 1.29 is 0 Å². The van der Waals surface area contributed by atoms with Crippen molar-refractivity contribution in [2.24, 2.45) is 0 Å². The van der Waals surface area contributed by atoms with Gasteiger partial charge in [-0.05, 0) is 18.6 Å². The summed E-state index contributed by atoms with van der Waals surface area (Å²) < 4.78 is 0. The van der Waals surface area contributed by atoms with E-state index in [-0.39, 0.29) is 0 Å². The number of unbranched alkanes of at least 4 members (excludes halogenated alkanes) is 1. The minimum atomic E-state index is 0.592. The van der Waals surface area contributed by atoms with E-state index in [1.165, 1.54) is 0 Å². The van der Waals surface area contributed by atoms with Gasteiger partial charge < -0.3 is 4.98 Å². The Morgan fingerprint density at radius 3 is 3.21 bits per heavy atom. The van der Waals surface area contributed by atoms with Crippen LogP contribution in [0.15, 0.2) is 29.9 Å². The highest BCUT2D eigenvalue weighted by Crippen LogP contribution is 2.25. The molecule has 0 bridgehead atoms. The number of H-pyrrole nitrogens is 1. The van der Waals surface area contributed by atoms with E-state index < -0.39 is 0 Å². The number of nitrogens with one attached hydrogen (secondary N) is 1. The Balaban J connectivity index is 1.83. The SMILES string of the molecule is N#CCCCc1nc(-c2ccc3nc[nH]c3c2)cs1. The van der Waals surface area contributed by atoms with Gasteiger partial charge in [0.25, 0.3) is 0 Å². The molecule has 0 spiro atoms. The van der Waals surface area contributed by atoms with Crippen molar-refractivity contribution in [2.45, 2.75) is 19.3 Å². The van der Waals surface area contributed by atoms with Crippen molar-refractivity contribution in [1.82, 2.24) is 15.0 Å². The lowest BCUT2D eigenvalue weighted by Gasteiger charge is -1.96. The summed E-state index contributed by atoms with van der Waals surface area (Å²) in [6, 6.07) is 8.26. The number of hydrogen-bond acceptors (Lipinski definition) is 4. The maximum absolute atomic E-state index is 8.53. The fraction of sp³-hybridized carbons (Fsp3) is 0.214. The third kappa shape index (κ3) is 2.49. The van der Waals surface area contributed by atoms with Crippen LogP contribution in [0.3, 0.4) is 0 Å². The summed E-state index contributed by atoms with van der Waals surface area (Å²) in [5.41, 5.74) is 4.08. The van der Waals surface area contributed by atoms with Crippen LogP contribution in [0.4, 0.5) is 0 Å². The molecule has 3 rings (SSSR count). The largest absolute Gasteiger partial charge is 0.345 e. The molecule has 2 aromatic heterocycles. The zero-order valence-corrected chi connectivity index (χ0v) is 11.1. The standard InChI is InChI=1S/C14H12N4S/c15-6-2-1-3-14-18-13(8-19-14)10-4-5-11-12(7-10)17-9-16-11/h4-5,7-9H,1-3H2,(H,16,17). The van der Waals surface area contributed by atoms with Gasteiger partial charge in [-0.25, -0.2) is 9.97 Å². The molecule has 94 valence electrons. The molecule has 0 aliphatic carbocycles. The molecule has 0 saturated carbocycles. The average Bonchev–Trinajstić information content (AvgIpc) is 3.06. The first kappa shape index (κ1) is 11.9. The fourth-order valence-electron chi connectivity index (χ4n) is 1.97. The second-order valence-corrected chi connectivity index (χ2v) is 5.22. The molecule has 19 heavy (non-hydrogen) atoms. The Morgan fingerprint density at radius 2 is 2.32 bits per heavy atom. The van der Waals surface area contributed by atoms with E-state index in [2.05, 4.69) is 32.5 Å². The van der Waals surface area contributed by atoms with Crippen LogP contribution in [0, 0.1) is 11.3 Å². The van der Waals surface area contributed by atoms with Gasteiger partial charge in [0.1, 0.15) is 0 Å². The predicted octanol–water partition coefficient (Wildman–Crippen LogP) is 3.53. The summed E-state index contributed by atoms with van der Waals surface area (Å²) in [5.74, 6) is 0. The Labute approximate surface area is 114 Å². The van der Waals surface area contributed by atoms with Gasteiger partial charge in [-0.2, -0.15) is 5.26 Å². The number of rotatable bonds is 4. The Bertz CT molecular complexity index is 735. The molecule has 0 aliphatic heterocycles. The van der Waals surface area contributed by atoms with E-state index in [4.69, 9.17) is 5.26 Å². The quantitative estimate of drug-likeness (QED) is 0.736. The number of fused-ring (bicyclic) bond motifs is 1. The molecule has 0 fully saturated rings. The summed E-state index contributed by atoms with van der Waals surface area (Å²) in [6.45, 7) is 0. The third-order valence-corrected chi connectivity index (χ3v) is 3.86. The monoisotopic (exact) mass is 268 g/mol. The van der Waals surface area contributed by atoms with Crippen LogP contribution < -0.4 is 0 Å². The second kappa shape index (κ2) is 5.21. The van der Waals surface area contributed by atoms with E-state index in [0.717, 1.165) is 40.1 Å². The molecule has 0 aliphatic rings. The zero-order chi connectivity index (χ0) is 13.1. The molecule has 1 aromatic carbocycles. The van der Waals surface area contributed by atoms with Gasteiger partial charge in [0, 0.05) is 23.8 Å². The lowest BCUT2D eigenvalue weighted by Crippen LogP contribution is -1.84. The van der Waals surface area contributed by atoms with E-state index in [9.17, 15) is 0 Å². The lowest BCUT2D eigenvalue weighted by molar-refractivity contribution is 0.843. The van der Waals surface area contributed by atoms with Crippen molar-refractivity contribution in [1.29, 1.82) is 5.26 Å². The van der Waals surface area contributed by atoms with E-state index >= 15 is 0 Å². The first-order valence-corrected chi connectivity index (χ1v) is 6.99. The van der Waals surface area contributed by atoms with Crippen LogP contribution >= 0.6 is 11.3 Å². The van der Waals surface area contributed by atoms with Gasteiger partial charge in [-0.3, -0.25) is 0 Å². The molecule has 0 radical (unpaired) electrons. The number of thiazole rings is 1. The maximum Gasteiger partial charge on any atom is 0.0932 e. The van der Waals surface area contributed by atoms with Gasteiger partial charge in [0.15, 0.2) is 0 Å². The topological polar surface area (TPSA) is 65.4 Å². The molecule has 0 amide bonds. The van der Waals surface area contributed by atoms with Crippen LogP contribution in [-0.2, 0) is 6.42 Å². The maximum atomic E-state index is 8.53. The van der Waals surface area contributed by atoms with Gasteiger partial charge in [0.2, 0.25) is 0 Å². The second-order valence-electron chi connectivity index (χ2n) is 4.27. The summed E-state index contributed by atoms with van der Waals surface area (Å²) >= 11 is 1.66.